The maximum absolute atomic E-state index is 13.3. The maximum atomic E-state index is 13.3. The van der Waals surface area contributed by atoms with Crippen LogP contribution in [0.3, 0.4) is 0 Å². The van der Waals surface area contributed by atoms with Crippen molar-refractivity contribution in [3.63, 3.8) is 0 Å². The van der Waals surface area contributed by atoms with Gasteiger partial charge in [0.25, 0.3) is 11.6 Å². The number of rotatable bonds is 3. The van der Waals surface area contributed by atoms with E-state index in [0.717, 1.165) is 18.2 Å². The highest BCUT2D eigenvalue weighted by Crippen LogP contribution is 2.23. The molecule has 1 aliphatic heterocycles. The molecule has 7 heteroatoms. The van der Waals surface area contributed by atoms with Gasteiger partial charge in [-0.3, -0.25) is 14.9 Å². The van der Waals surface area contributed by atoms with E-state index in [0.29, 0.717) is 19.5 Å². The average Bonchev–Trinajstić information content (AvgIpc) is 2.86. The molecule has 1 heterocycles. The Morgan fingerprint density at radius 3 is 2.80 bits per heavy atom. The molecule has 2 rings (SSSR count). The van der Waals surface area contributed by atoms with E-state index in [9.17, 15) is 24.4 Å². The van der Waals surface area contributed by atoms with E-state index in [1.54, 1.807) is 6.92 Å². The van der Waals surface area contributed by atoms with Crippen molar-refractivity contribution >= 4 is 11.6 Å². The van der Waals surface area contributed by atoms with Crippen molar-refractivity contribution in [2.75, 3.05) is 13.1 Å². The van der Waals surface area contributed by atoms with Gasteiger partial charge < -0.3 is 10.0 Å². The summed E-state index contributed by atoms with van der Waals surface area (Å²) in [6.07, 6.45) is 0.149. The van der Waals surface area contributed by atoms with Crippen molar-refractivity contribution in [1.29, 1.82) is 0 Å². The molecule has 6 nitrogen and oxygen atoms in total. The van der Waals surface area contributed by atoms with Gasteiger partial charge in [0.15, 0.2) is 0 Å². The van der Waals surface area contributed by atoms with Crippen molar-refractivity contribution in [3.05, 3.63) is 39.7 Å². The highest BCUT2D eigenvalue weighted by atomic mass is 19.1. The van der Waals surface area contributed by atoms with Crippen LogP contribution in [0.5, 0.6) is 0 Å². The second-order valence-electron chi connectivity index (χ2n) is 5.00. The van der Waals surface area contributed by atoms with Crippen LogP contribution in [-0.2, 0) is 0 Å². The van der Waals surface area contributed by atoms with E-state index < -0.39 is 28.4 Å². The van der Waals surface area contributed by atoms with Gasteiger partial charge in [-0.25, -0.2) is 4.39 Å². The summed E-state index contributed by atoms with van der Waals surface area (Å²) in [5.41, 5.74) is -0.484. The second kappa shape index (κ2) is 5.54. The first kappa shape index (κ1) is 14.4. The molecule has 0 saturated carbocycles. The first-order chi connectivity index (χ1) is 9.38. The summed E-state index contributed by atoms with van der Waals surface area (Å²) in [7, 11) is 0. The number of nitro benzene ring substituents is 1. The van der Waals surface area contributed by atoms with Gasteiger partial charge >= 0.3 is 0 Å². The Balaban J connectivity index is 2.20. The third kappa shape index (κ3) is 2.93. The third-order valence-corrected chi connectivity index (χ3v) is 3.53. The molecule has 0 aliphatic carbocycles. The first-order valence-corrected chi connectivity index (χ1v) is 6.31. The molecule has 1 saturated heterocycles. The van der Waals surface area contributed by atoms with Gasteiger partial charge in [0.2, 0.25) is 0 Å². The van der Waals surface area contributed by atoms with Gasteiger partial charge in [0, 0.05) is 30.6 Å². The number of carbonyl (C=O) groups is 1. The van der Waals surface area contributed by atoms with Gasteiger partial charge in [-0.15, -0.1) is 0 Å². The number of likely N-dealkylation sites (tertiary alicyclic amines) is 1. The van der Waals surface area contributed by atoms with E-state index in [1.807, 2.05) is 0 Å². The quantitative estimate of drug-likeness (QED) is 0.674. The number of hydrogen-bond donors (Lipinski definition) is 1. The number of hydrogen-bond acceptors (Lipinski definition) is 4. The van der Waals surface area contributed by atoms with Crippen LogP contribution in [0.2, 0.25) is 0 Å². The van der Waals surface area contributed by atoms with Gasteiger partial charge in [-0.05, 0) is 19.4 Å². The zero-order valence-electron chi connectivity index (χ0n) is 11.0. The number of nitrogens with zero attached hydrogens (tertiary/aromatic N) is 2. The molecule has 2 unspecified atom stereocenters. The number of halogens is 1. The predicted molar refractivity (Wildman–Crippen MR) is 68.7 cm³/mol. The summed E-state index contributed by atoms with van der Waals surface area (Å²) < 4.78 is 13.3. The molecule has 2 atom stereocenters. The molecule has 1 fully saturated rings. The lowest BCUT2D eigenvalue weighted by atomic mass is 10.0. The van der Waals surface area contributed by atoms with Crippen molar-refractivity contribution < 1.29 is 19.2 Å². The lowest BCUT2D eigenvalue weighted by Crippen LogP contribution is -2.30. The highest BCUT2D eigenvalue weighted by molar-refractivity contribution is 5.95. The van der Waals surface area contributed by atoms with E-state index in [-0.39, 0.29) is 11.5 Å². The number of non-ortho nitro benzene ring substituents is 1. The summed E-state index contributed by atoms with van der Waals surface area (Å²) in [6, 6.07) is 2.84. The Morgan fingerprint density at radius 2 is 2.25 bits per heavy atom. The van der Waals surface area contributed by atoms with Gasteiger partial charge in [0.05, 0.1) is 17.1 Å². The van der Waals surface area contributed by atoms with Crippen LogP contribution < -0.4 is 0 Å². The number of nitro groups is 1. The summed E-state index contributed by atoms with van der Waals surface area (Å²) in [4.78, 5) is 23.6. The topological polar surface area (TPSA) is 83.7 Å². The maximum Gasteiger partial charge on any atom is 0.273 e. The van der Waals surface area contributed by atoms with Gasteiger partial charge in [-0.1, -0.05) is 0 Å². The van der Waals surface area contributed by atoms with Crippen LogP contribution in [0.4, 0.5) is 10.1 Å². The van der Waals surface area contributed by atoms with E-state index in [4.69, 9.17) is 0 Å². The summed E-state index contributed by atoms with van der Waals surface area (Å²) in [5, 5.41) is 20.2. The lowest BCUT2D eigenvalue weighted by Gasteiger charge is -2.17. The molecule has 1 aromatic carbocycles. The van der Waals surface area contributed by atoms with Gasteiger partial charge in [0.1, 0.15) is 5.82 Å². The van der Waals surface area contributed by atoms with Crippen LogP contribution in [0.25, 0.3) is 0 Å². The Morgan fingerprint density at radius 1 is 1.55 bits per heavy atom. The number of aliphatic hydroxyl groups is 1. The van der Waals surface area contributed by atoms with Crippen molar-refractivity contribution in [1.82, 2.24) is 4.90 Å². The Kier molecular flexibility index (Phi) is 3.99. The highest BCUT2D eigenvalue weighted by Gasteiger charge is 2.30. The summed E-state index contributed by atoms with van der Waals surface area (Å²) >= 11 is 0. The number of carbonyl (C=O) groups excluding carboxylic acids is 1. The first-order valence-electron chi connectivity index (χ1n) is 6.31. The molecular formula is C13H15FN2O4. The molecule has 1 aromatic rings. The fraction of sp³-hybridized carbons (Fsp3) is 0.462. The minimum atomic E-state index is -0.811. The van der Waals surface area contributed by atoms with E-state index in [1.165, 1.54) is 4.90 Å². The average molecular weight is 282 g/mol. The lowest BCUT2D eigenvalue weighted by molar-refractivity contribution is -0.385. The fourth-order valence-corrected chi connectivity index (χ4v) is 2.35. The molecule has 0 radical (unpaired) electrons. The predicted octanol–water partition coefficient (Wildman–Crippen LogP) is 1.58. The van der Waals surface area contributed by atoms with Crippen LogP contribution >= 0.6 is 0 Å². The van der Waals surface area contributed by atoms with Crippen LogP contribution in [0.1, 0.15) is 23.7 Å². The molecule has 0 spiro atoms. The molecule has 1 aliphatic rings. The normalized spacial score (nSPS) is 19.9. The number of amides is 1. The van der Waals surface area contributed by atoms with E-state index in [2.05, 4.69) is 0 Å². The largest absolute Gasteiger partial charge is 0.393 e. The molecule has 1 N–H and O–H groups in total. The molecule has 20 heavy (non-hydrogen) atoms. The third-order valence-electron chi connectivity index (χ3n) is 3.53. The monoisotopic (exact) mass is 282 g/mol. The molecule has 0 bridgehead atoms. The molecule has 0 aromatic heterocycles. The summed E-state index contributed by atoms with van der Waals surface area (Å²) in [5.74, 6) is -1.27. The Labute approximate surface area is 115 Å². The molecule has 108 valence electrons. The van der Waals surface area contributed by atoms with Crippen molar-refractivity contribution in [2.24, 2.45) is 5.92 Å². The Hall–Kier alpha value is -2.02. The number of aliphatic hydroxyl groups excluding tert-OH is 1. The van der Waals surface area contributed by atoms with E-state index >= 15 is 0 Å². The number of benzene rings is 1. The van der Waals surface area contributed by atoms with Crippen LogP contribution in [-0.4, -0.2) is 40.0 Å². The SMILES string of the molecule is CC(O)C1CCN(C(=O)c2cc(F)cc([N+](=O)[O-])c2)C1. The standard InChI is InChI=1S/C13H15FN2O4/c1-8(17)9-2-3-15(7-9)13(18)10-4-11(14)6-12(5-10)16(19)20/h4-6,8-9,17H,2-3,7H2,1H3. The Bertz CT molecular complexity index is 547. The molecular weight excluding hydrogens is 267 g/mol. The smallest absolute Gasteiger partial charge is 0.273 e. The summed E-state index contributed by atoms with van der Waals surface area (Å²) in [6.45, 7) is 2.49. The zero-order valence-corrected chi connectivity index (χ0v) is 11.0. The van der Waals surface area contributed by atoms with Crippen LogP contribution in [0.15, 0.2) is 18.2 Å². The zero-order chi connectivity index (χ0) is 14.9. The van der Waals surface area contributed by atoms with Crippen molar-refractivity contribution in [2.45, 2.75) is 19.4 Å². The van der Waals surface area contributed by atoms with Crippen LogP contribution in [0, 0.1) is 21.8 Å². The fourth-order valence-electron chi connectivity index (χ4n) is 2.35. The van der Waals surface area contributed by atoms with Gasteiger partial charge in [-0.2, -0.15) is 0 Å². The molecule has 1 amide bonds. The second-order valence-corrected chi connectivity index (χ2v) is 5.00. The van der Waals surface area contributed by atoms with Crippen molar-refractivity contribution in [3.8, 4) is 0 Å². The minimum Gasteiger partial charge on any atom is -0.393 e. The minimum absolute atomic E-state index is 0.0116.